The zero-order valence-corrected chi connectivity index (χ0v) is 11.2. The molecule has 1 aliphatic heterocycles. The van der Waals surface area contributed by atoms with Crippen LogP contribution in [0.4, 0.5) is 4.79 Å². The van der Waals surface area contributed by atoms with Gasteiger partial charge in [-0.3, -0.25) is 4.84 Å². The highest BCUT2D eigenvalue weighted by atomic mass is 16.8. The molecule has 0 aromatic heterocycles. The molecule has 1 rings (SSSR count). The van der Waals surface area contributed by atoms with Crippen molar-refractivity contribution in [2.75, 3.05) is 7.11 Å². The summed E-state index contributed by atoms with van der Waals surface area (Å²) in [4.78, 5) is 39.1. The van der Waals surface area contributed by atoms with Gasteiger partial charge in [-0.1, -0.05) is 0 Å². The highest BCUT2D eigenvalue weighted by Crippen LogP contribution is 2.24. The van der Waals surface area contributed by atoms with Crippen LogP contribution >= 0.6 is 0 Å². The molecule has 1 amide bonds. The minimum absolute atomic E-state index is 0.179. The fourth-order valence-electron chi connectivity index (χ4n) is 1.50. The first-order valence-electron chi connectivity index (χ1n) is 5.65. The van der Waals surface area contributed by atoms with Crippen LogP contribution in [0.15, 0.2) is 0 Å². The Morgan fingerprint density at radius 1 is 1.32 bits per heavy atom. The molecule has 2 atom stereocenters. The quantitative estimate of drug-likeness (QED) is 0.734. The van der Waals surface area contributed by atoms with Crippen LogP contribution in [0.2, 0.25) is 0 Å². The van der Waals surface area contributed by atoms with Gasteiger partial charge >= 0.3 is 18.0 Å². The average molecular weight is 275 g/mol. The minimum atomic E-state index is -1.28. The molecule has 0 aliphatic carbocycles. The molecule has 108 valence electrons. The monoisotopic (exact) mass is 275 g/mol. The molecular formula is C11H17NO7. The van der Waals surface area contributed by atoms with Gasteiger partial charge in [0.2, 0.25) is 0 Å². The summed E-state index contributed by atoms with van der Waals surface area (Å²) < 4.78 is 9.55. The summed E-state index contributed by atoms with van der Waals surface area (Å²) in [6.45, 7) is 4.92. The lowest BCUT2D eigenvalue weighted by molar-refractivity contribution is -0.183. The molecule has 0 aromatic carbocycles. The second-order valence-corrected chi connectivity index (χ2v) is 5.01. The number of carbonyl (C=O) groups is 3. The molecule has 8 heteroatoms. The molecule has 1 fully saturated rings. The molecule has 0 spiro atoms. The fraction of sp³-hybridized carbons (Fsp3) is 0.727. The number of carbonyl (C=O) groups excluding carboxylic acids is 2. The number of hydroxylamine groups is 2. The molecule has 0 saturated carbocycles. The summed E-state index contributed by atoms with van der Waals surface area (Å²) >= 11 is 0. The third-order valence-corrected chi connectivity index (χ3v) is 2.28. The fourth-order valence-corrected chi connectivity index (χ4v) is 1.50. The van der Waals surface area contributed by atoms with E-state index < -0.39 is 35.8 Å². The Bertz CT molecular complexity index is 387. The largest absolute Gasteiger partial charge is 0.479 e. The number of aliphatic carboxylic acids is 1. The Morgan fingerprint density at radius 2 is 1.89 bits per heavy atom. The number of hydrogen-bond donors (Lipinski definition) is 1. The van der Waals surface area contributed by atoms with Gasteiger partial charge in [0, 0.05) is 6.42 Å². The van der Waals surface area contributed by atoms with E-state index in [1.807, 2.05) is 0 Å². The number of ether oxygens (including phenoxy) is 2. The second kappa shape index (κ2) is 5.43. The minimum Gasteiger partial charge on any atom is -0.479 e. The molecule has 1 N–H and O–H groups in total. The summed E-state index contributed by atoms with van der Waals surface area (Å²) in [5.41, 5.74) is -0.789. The van der Waals surface area contributed by atoms with E-state index in [1.165, 1.54) is 0 Å². The summed E-state index contributed by atoms with van der Waals surface area (Å²) in [6, 6.07) is -1.12. The number of methoxy groups -OCH3 is 1. The molecule has 1 heterocycles. The first-order valence-corrected chi connectivity index (χ1v) is 5.65. The van der Waals surface area contributed by atoms with Crippen molar-refractivity contribution in [1.82, 2.24) is 5.06 Å². The molecule has 0 unspecified atom stereocenters. The van der Waals surface area contributed by atoms with Crippen molar-refractivity contribution in [3.8, 4) is 0 Å². The van der Waals surface area contributed by atoms with Crippen LogP contribution in [0.1, 0.15) is 27.2 Å². The van der Waals surface area contributed by atoms with Crippen molar-refractivity contribution >= 4 is 18.0 Å². The molecular weight excluding hydrogens is 258 g/mol. The molecule has 0 radical (unpaired) electrons. The van der Waals surface area contributed by atoms with Crippen LogP contribution < -0.4 is 0 Å². The van der Waals surface area contributed by atoms with E-state index in [1.54, 1.807) is 20.8 Å². The van der Waals surface area contributed by atoms with Crippen LogP contribution in [0, 0.1) is 0 Å². The lowest BCUT2D eigenvalue weighted by atomic mass is 10.1. The highest BCUT2D eigenvalue weighted by Gasteiger charge is 2.46. The first kappa shape index (κ1) is 15.2. The maximum atomic E-state index is 11.8. The third kappa shape index (κ3) is 3.82. The van der Waals surface area contributed by atoms with E-state index in [4.69, 9.17) is 14.7 Å². The normalized spacial score (nSPS) is 23.1. The summed E-state index contributed by atoms with van der Waals surface area (Å²) in [6.07, 6.45) is -2.38. The van der Waals surface area contributed by atoms with Crippen molar-refractivity contribution in [3.63, 3.8) is 0 Å². The van der Waals surface area contributed by atoms with Gasteiger partial charge in [-0.05, 0) is 20.8 Å². The second-order valence-electron chi connectivity index (χ2n) is 5.01. The molecule has 19 heavy (non-hydrogen) atoms. The maximum Gasteiger partial charge on any atom is 0.435 e. The van der Waals surface area contributed by atoms with Crippen LogP contribution in [-0.4, -0.2) is 53.1 Å². The molecule has 1 saturated heterocycles. The summed E-state index contributed by atoms with van der Waals surface area (Å²) in [5.74, 6) is -2.02. The van der Waals surface area contributed by atoms with E-state index in [0.29, 0.717) is 5.06 Å². The van der Waals surface area contributed by atoms with E-state index in [9.17, 15) is 14.4 Å². The Balaban J connectivity index is 2.85. The van der Waals surface area contributed by atoms with E-state index >= 15 is 0 Å². The van der Waals surface area contributed by atoms with Gasteiger partial charge in [0.25, 0.3) is 0 Å². The number of nitrogens with zero attached hydrogens (tertiary/aromatic N) is 1. The van der Waals surface area contributed by atoms with Gasteiger partial charge < -0.3 is 14.6 Å². The number of rotatable bonds is 2. The van der Waals surface area contributed by atoms with Crippen LogP contribution in [0.5, 0.6) is 0 Å². The summed E-state index contributed by atoms with van der Waals surface area (Å²) in [7, 11) is 1.14. The van der Waals surface area contributed by atoms with Gasteiger partial charge in [-0.25, -0.2) is 14.4 Å². The van der Waals surface area contributed by atoms with Gasteiger partial charge in [0.1, 0.15) is 5.60 Å². The third-order valence-electron chi connectivity index (χ3n) is 2.28. The van der Waals surface area contributed by atoms with Gasteiger partial charge in [-0.2, -0.15) is 5.06 Å². The zero-order valence-electron chi connectivity index (χ0n) is 11.2. The molecule has 1 aliphatic rings. The lowest BCUT2D eigenvalue weighted by Gasteiger charge is -2.25. The topological polar surface area (TPSA) is 102 Å². The predicted octanol–water partition coefficient (Wildman–Crippen LogP) is 0.554. The predicted molar refractivity (Wildman–Crippen MR) is 61.0 cm³/mol. The van der Waals surface area contributed by atoms with E-state index in [0.717, 1.165) is 7.11 Å². The van der Waals surface area contributed by atoms with Crippen molar-refractivity contribution in [1.29, 1.82) is 0 Å². The maximum absolute atomic E-state index is 11.8. The smallest absolute Gasteiger partial charge is 0.435 e. The van der Waals surface area contributed by atoms with Crippen molar-refractivity contribution in [2.24, 2.45) is 0 Å². The SMILES string of the molecule is COC(=O)[C@H]1C[C@@H](C(=O)O)ON1C(=O)OC(C)(C)C. The Hall–Kier alpha value is -1.83. The number of hydrogen-bond acceptors (Lipinski definition) is 6. The van der Waals surface area contributed by atoms with Gasteiger partial charge in [-0.15, -0.1) is 0 Å². The Kier molecular flexibility index (Phi) is 4.35. The molecule has 0 bridgehead atoms. The Morgan fingerprint density at radius 3 is 2.32 bits per heavy atom. The van der Waals surface area contributed by atoms with Crippen molar-refractivity contribution in [3.05, 3.63) is 0 Å². The van der Waals surface area contributed by atoms with Crippen molar-refractivity contribution in [2.45, 2.75) is 44.9 Å². The van der Waals surface area contributed by atoms with Crippen molar-refractivity contribution < 1.29 is 33.8 Å². The van der Waals surface area contributed by atoms with Crippen LogP contribution in [0.3, 0.4) is 0 Å². The number of carboxylic acid groups (broad SMARTS) is 1. The summed E-state index contributed by atoms with van der Waals surface area (Å²) in [5, 5.41) is 9.48. The highest BCUT2D eigenvalue weighted by molar-refractivity contribution is 5.83. The zero-order chi connectivity index (χ0) is 14.8. The standard InChI is InChI=1S/C11H17NO7/c1-11(2,3)18-10(16)12-6(9(15)17-4)5-7(19-12)8(13)14/h6-7H,5H2,1-4H3,(H,13,14)/t6-,7+/m1/s1. The average Bonchev–Trinajstić information content (AvgIpc) is 2.70. The van der Waals surface area contributed by atoms with Gasteiger partial charge in [0.15, 0.2) is 12.1 Å². The lowest BCUT2D eigenvalue weighted by Crippen LogP contribution is -2.43. The molecule has 8 nitrogen and oxygen atoms in total. The first-order chi connectivity index (χ1) is 8.65. The molecule has 0 aromatic rings. The van der Waals surface area contributed by atoms with Crippen LogP contribution in [-0.2, 0) is 23.9 Å². The van der Waals surface area contributed by atoms with E-state index in [-0.39, 0.29) is 6.42 Å². The van der Waals surface area contributed by atoms with Crippen LogP contribution in [0.25, 0.3) is 0 Å². The number of esters is 1. The Labute approximate surface area is 110 Å². The van der Waals surface area contributed by atoms with Gasteiger partial charge in [0.05, 0.1) is 7.11 Å². The number of carboxylic acids is 1. The number of amides is 1. The van der Waals surface area contributed by atoms with E-state index in [2.05, 4.69) is 4.74 Å².